The molecular weight excluding hydrogens is 456 g/mol. The molecule has 8 nitrogen and oxygen atoms in total. The summed E-state index contributed by atoms with van der Waals surface area (Å²) in [6.07, 6.45) is 2.13. The van der Waals surface area contributed by atoms with Gasteiger partial charge in [0.05, 0.1) is 18.2 Å². The molecule has 0 aliphatic carbocycles. The van der Waals surface area contributed by atoms with E-state index >= 15 is 0 Å². The lowest BCUT2D eigenvalue weighted by Gasteiger charge is -2.15. The summed E-state index contributed by atoms with van der Waals surface area (Å²) in [5.41, 5.74) is 0.830. The summed E-state index contributed by atoms with van der Waals surface area (Å²) in [4.78, 5) is 12.1. The fourth-order valence-electron chi connectivity index (χ4n) is 3.23. The van der Waals surface area contributed by atoms with E-state index < -0.39 is 10.0 Å². The van der Waals surface area contributed by atoms with Crippen LogP contribution in [0.2, 0.25) is 5.02 Å². The minimum atomic E-state index is -3.78. The summed E-state index contributed by atoms with van der Waals surface area (Å²) >= 11 is 5.93. The van der Waals surface area contributed by atoms with Crippen molar-refractivity contribution >= 4 is 27.5 Å². The van der Waals surface area contributed by atoms with E-state index in [1.807, 2.05) is 6.07 Å². The average molecular weight is 483 g/mol. The number of carbonyl (C=O) groups is 1. The van der Waals surface area contributed by atoms with Gasteiger partial charge in [-0.25, -0.2) is 13.1 Å². The van der Waals surface area contributed by atoms with Crippen molar-refractivity contribution in [2.75, 3.05) is 26.9 Å². The number of carbonyl (C=O) groups excluding carboxylic acids is 1. The van der Waals surface area contributed by atoms with Crippen molar-refractivity contribution in [3.63, 3.8) is 0 Å². The number of sulfonamides is 1. The number of nitrogens with one attached hydrogen (secondary N) is 2. The minimum Gasteiger partial charge on any atom is -0.493 e. The topological polar surface area (TPSA) is 103 Å². The summed E-state index contributed by atoms with van der Waals surface area (Å²) in [6, 6.07) is 11.6. The first-order chi connectivity index (χ1) is 15.4. The van der Waals surface area contributed by atoms with Crippen LogP contribution in [0.5, 0.6) is 11.5 Å². The van der Waals surface area contributed by atoms with Crippen LogP contribution in [0.3, 0.4) is 0 Å². The Hall–Kier alpha value is -2.33. The summed E-state index contributed by atoms with van der Waals surface area (Å²) < 4.78 is 43.7. The fraction of sp³-hybridized carbons (Fsp3) is 0.409. The molecule has 2 N–H and O–H groups in total. The van der Waals surface area contributed by atoms with E-state index in [9.17, 15) is 13.2 Å². The van der Waals surface area contributed by atoms with Crippen molar-refractivity contribution in [3.8, 4) is 11.5 Å². The van der Waals surface area contributed by atoms with E-state index in [0.29, 0.717) is 18.1 Å². The maximum atomic E-state index is 12.3. The largest absolute Gasteiger partial charge is 0.493 e. The van der Waals surface area contributed by atoms with Crippen molar-refractivity contribution in [1.29, 1.82) is 0 Å². The minimum absolute atomic E-state index is 0.0105. The second-order valence-corrected chi connectivity index (χ2v) is 9.43. The van der Waals surface area contributed by atoms with Gasteiger partial charge in [-0.15, -0.1) is 0 Å². The molecule has 2 aromatic rings. The predicted molar refractivity (Wildman–Crippen MR) is 121 cm³/mol. The third kappa shape index (κ3) is 6.83. The molecule has 1 heterocycles. The van der Waals surface area contributed by atoms with Gasteiger partial charge in [0.15, 0.2) is 11.5 Å². The molecule has 1 unspecified atom stereocenters. The molecule has 32 heavy (non-hydrogen) atoms. The van der Waals surface area contributed by atoms with Crippen molar-refractivity contribution in [3.05, 3.63) is 53.1 Å². The van der Waals surface area contributed by atoms with Gasteiger partial charge in [0.1, 0.15) is 11.5 Å². The summed E-state index contributed by atoms with van der Waals surface area (Å²) in [6.45, 7) is 1.47. The second-order valence-electron chi connectivity index (χ2n) is 7.29. The monoisotopic (exact) mass is 482 g/mol. The van der Waals surface area contributed by atoms with Gasteiger partial charge >= 0.3 is 0 Å². The Balaban J connectivity index is 1.45. The number of ether oxygens (including phenoxy) is 3. The molecule has 1 atom stereocenters. The summed E-state index contributed by atoms with van der Waals surface area (Å²) in [5.74, 6) is 0.902. The zero-order chi connectivity index (χ0) is 23.0. The van der Waals surface area contributed by atoms with Gasteiger partial charge in [-0.1, -0.05) is 29.8 Å². The van der Waals surface area contributed by atoms with E-state index in [1.165, 1.54) is 12.1 Å². The van der Waals surface area contributed by atoms with Crippen molar-refractivity contribution in [1.82, 2.24) is 10.0 Å². The number of benzene rings is 2. The highest BCUT2D eigenvalue weighted by Gasteiger charge is 2.18. The highest BCUT2D eigenvalue weighted by Crippen LogP contribution is 2.29. The van der Waals surface area contributed by atoms with E-state index in [2.05, 4.69) is 10.0 Å². The fourth-order valence-corrected chi connectivity index (χ4v) is 4.78. The highest BCUT2D eigenvalue weighted by molar-refractivity contribution is 7.89. The first-order valence-corrected chi connectivity index (χ1v) is 12.2. The van der Waals surface area contributed by atoms with Gasteiger partial charge < -0.3 is 19.5 Å². The quantitative estimate of drug-likeness (QED) is 0.510. The molecule has 174 valence electrons. The Morgan fingerprint density at radius 1 is 1.22 bits per heavy atom. The lowest BCUT2D eigenvalue weighted by molar-refractivity contribution is -0.121. The molecule has 1 amide bonds. The molecule has 1 saturated heterocycles. The zero-order valence-electron chi connectivity index (χ0n) is 17.8. The zero-order valence-corrected chi connectivity index (χ0v) is 19.4. The second kappa shape index (κ2) is 11.5. The lowest BCUT2D eigenvalue weighted by Crippen LogP contribution is -2.30. The standard InChI is InChI=1S/C22H27ClN2O6S/c1-29-20-13-16(8-9-19(20)31-15-17-5-4-12-30-17)14-24-22(26)10-11-25-32(27,28)21-7-3-2-6-18(21)23/h2-3,6-9,13,17,25H,4-5,10-12,14-15H2,1H3,(H,24,26). The summed E-state index contributed by atoms with van der Waals surface area (Å²) in [7, 11) is -2.22. The third-order valence-electron chi connectivity index (χ3n) is 4.94. The van der Waals surface area contributed by atoms with Crippen LogP contribution < -0.4 is 19.5 Å². The van der Waals surface area contributed by atoms with Gasteiger partial charge in [-0.3, -0.25) is 4.79 Å². The van der Waals surface area contributed by atoms with E-state index in [0.717, 1.165) is 25.0 Å². The van der Waals surface area contributed by atoms with Crippen molar-refractivity contribution in [2.24, 2.45) is 0 Å². The van der Waals surface area contributed by atoms with Gasteiger partial charge in [-0.05, 0) is 42.7 Å². The Labute approximate surface area is 193 Å². The number of rotatable bonds is 11. The van der Waals surface area contributed by atoms with E-state index in [1.54, 1.807) is 31.4 Å². The molecule has 0 aromatic heterocycles. The van der Waals surface area contributed by atoms with Crippen LogP contribution in [0.1, 0.15) is 24.8 Å². The Kier molecular flexibility index (Phi) is 8.75. The molecule has 3 rings (SSSR count). The molecule has 0 radical (unpaired) electrons. The normalized spacial score (nSPS) is 16.0. The van der Waals surface area contributed by atoms with Crippen molar-refractivity contribution < 1.29 is 27.4 Å². The Morgan fingerprint density at radius 2 is 2.03 bits per heavy atom. The van der Waals surface area contributed by atoms with E-state index in [-0.39, 0.29) is 41.4 Å². The molecule has 1 aliphatic heterocycles. The lowest BCUT2D eigenvalue weighted by atomic mass is 10.2. The van der Waals surface area contributed by atoms with Crippen LogP contribution in [0.4, 0.5) is 0 Å². The van der Waals surface area contributed by atoms with Gasteiger partial charge in [0.25, 0.3) is 0 Å². The molecule has 0 spiro atoms. The Bertz CT molecular complexity index is 1020. The van der Waals surface area contributed by atoms with Gasteiger partial charge in [-0.2, -0.15) is 0 Å². The number of halogens is 1. The van der Waals surface area contributed by atoms with Crippen LogP contribution in [0.15, 0.2) is 47.4 Å². The van der Waals surface area contributed by atoms with Crippen LogP contribution in [-0.4, -0.2) is 47.3 Å². The third-order valence-corrected chi connectivity index (χ3v) is 6.90. The molecule has 0 saturated carbocycles. The maximum Gasteiger partial charge on any atom is 0.242 e. The van der Waals surface area contributed by atoms with Crippen molar-refractivity contribution in [2.45, 2.75) is 36.8 Å². The average Bonchev–Trinajstić information content (AvgIpc) is 3.30. The first-order valence-electron chi connectivity index (χ1n) is 10.3. The number of hydrogen-bond acceptors (Lipinski definition) is 6. The van der Waals surface area contributed by atoms with Crippen LogP contribution in [0.25, 0.3) is 0 Å². The maximum absolute atomic E-state index is 12.3. The van der Waals surface area contributed by atoms with Gasteiger partial charge in [0.2, 0.25) is 15.9 Å². The first kappa shape index (κ1) is 24.3. The molecule has 2 aromatic carbocycles. The molecule has 0 bridgehead atoms. The number of amides is 1. The highest BCUT2D eigenvalue weighted by atomic mass is 35.5. The van der Waals surface area contributed by atoms with Crippen LogP contribution in [0, 0.1) is 0 Å². The molecule has 1 fully saturated rings. The van der Waals surface area contributed by atoms with Crippen LogP contribution in [-0.2, 0) is 26.1 Å². The van der Waals surface area contributed by atoms with E-state index in [4.69, 9.17) is 25.8 Å². The molecular formula is C22H27ClN2O6S. The Morgan fingerprint density at radius 3 is 2.75 bits per heavy atom. The number of methoxy groups -OCH3 is 1. The molecule has 1 aliphatic rings. The van der Waals surface area contributed by atoms with Gasteiger partial charge in [0, 0.05) is 26.1 Å². The smallest absolute Gasteiger partial charge is 0.242 e. The molecule has 10 heteroatoms. The SMILES string of the molecule is COc1cc(CNC(=O)CCNS(=O)(=O)c2ccccc2Cl)ccc1OCC1CCCO1. The predicted octanol–water partition coefficient (Wildman–Crippen LogP) is 2.89. The summed E-state index contributed by atoms with van der Waals surface area (Å²) in [5, 5.41) is 2.89. The number of hydrogen-bond donors (Lipinski definition) is 2. The van der Waals surface area contributed by atoms with Crippen LogP contribution >= 0.6 is 11.6 Å².